The molecule has 0 aliphatic carbocycles. The highest BCUT2D eigenvalue weighted by atomic mass is 16.1. The Morgan fingerprint density at radius 3 is 2.80 bits per heavy atom. The van der Waals surface area contributed by atoms with Gasteiger partial charge in [-0.05, 0) is 32.9 Å². The molecule has 0 aromatic heterocycles. The maximum Gasteiger partial charge on any atom is 0.220 e. The fraction of sp³-hybridized carbons (Fsp3) is 0.579. The van der Waals surface area contributed by atoms with Crippen molar-refractivity contribution in [3.63, 3.8) is 0 Å². The molecule has 1 aliphatic rings. The molecule has 3 N–H and O–H groups in total. The molecular formula is C19H31N5O. The molecular weight excluding hydrogens is 314 g/mol. The third-order valence-electron chi connectivity index (χ3n) is 4.49. The van der Waals surface area contributed by atoms with Crippen molar-refractivity contribution in [3.8, 4) is 0 Å². The number of nitrogens with one attached hydrogen (secondary N) is 3. The van der Waals surface area contributed by atoms with E-state index in [4.69, 9.17) is 4.99 Å². The van der Waals surface area contributed by atoms with Crippen LogP contribution in [0.15, 0.2) is 35.3 Å². The summed E-state index contributed by atoms with van der Waals surface area (Å²) in [5.41, 5.74) is 1.31. The third kappa shape index (κ3) is 6.74. The number of carbonyl (C=O) groups is 1. The summed E-state index contributed by atoms with van der Waals surface area (Å²) in [5, 5.41) is 9.62. The lowest BCUT2D eigenvalue weighted by Crippen LogP contribution is -2.51. The first-order valence-corrected chi connectivity index (χ1v) is 9.14. The molecule has 1 aromatic rings. The van der Waals surface area contributed by atoms with Crippen molar-refractivity contribution >= 4 is 11.9 Å². The van der Waals surface area contributed by atoms with E-state index in [9.17, 15) is 4.79 Å². The van der Waals surface area contributed by atoms with Crippen molar-refractivity contribution in [1.29, 1.82) is 0 Å². The molecule has 1 aliphatic heterocycles. The second kappa shape index (κ2) is 10.0. The van der Waals surface area contributed by atoms with Crippen LogP contribution in [0.4, 0.5) is 0 Å². The standard InChI is InChI=1S/C19H31N5O/c1-4-20-19(23-17-10-11-18(25)21-13-17)22-12-15(2)24(3)14-16-8-6-5-7-9-16/h5-9,15,17H,4,10-14H2,1-3H3,(H,21,25)(H2,20,22,23). The van der Waals surface area contributed by atoms with E-state index < -0.39 is 0 Å². The molecule has 6 heteroatoms. The van der Waals surface area contributed by atoms with E-state index in [2.05, 4.69) is 66.0 Å². The molecule has 0 spiro atoms. The molecule has 138 valence electrons. The lowest BCUT2D eigenvalue weighted by molar-refractivity contribution is -0.122. The summed E-state index contributed by atoms with van der Waals surface area (Å²) in [6.45, 7) is 7.36. The number of likely N-dealkylation sites (N-methyl/N-ethyl adjacent to an activating group) is 1. The number of hydrogen-bond donors (Lipinski definition) is 3. The van der Waals surface area contributed by atoms with Crippen molar-refractivity contribution < 1.29 is 4.79 Å². The van der Waals surface area contributed by atoms with Crippen molar-refractivity contribution in [2.24, 2.45) is 4.99 Å². The van der Waals surface area contributed by atoms with Crippen LogP contribution in [0.5, 0.6) is 0 Å². The molecule has 1 heterocycles. The molecule has 2 rings (SSSR count). The molecule has 0 radical (unpaired) electrons. The number of guanidine groups is 1. The van der Waals surface area contributed by atoms with Gasteiger partial charge in [-0.15, -0.1) is 0 Å². The first-order chi connectivity index (χ1) is 12.1. The molecule has 1 fully saturated rings. The van der Waals surface area contributed by atoms with Crippen LogP contribution >= 0.6 is 0 Å². The van der Waals surface area contributed by atoms with Gasteiger partial charge >= 0.3 is 0 Å². The van der Waals surface area contributed by atoms with Crippen LogP contribution in [0.2, 0.25) is 0 Å². The molecule has 6 nitrogen and oxygen atoms in total. The zero-order chi connectivity index (χ0) is 18.1. The fourth-order valence-corrected chi connectivity index (χ4v) is 2.76. The number of rotatable bonds is 7. The number of carbonyl (C=O) groups excluding carboxylic acids is 1. The van der Waals surface area contributed by atoms with Gasteiger partial charge in [0, 0.05) is 38.1 Å². The van der Waals surface area contributed by atoms with Gasteiger partial charge in [0.15, 0.2) is 5.96 Å². The largest absolute Gasteiger partial charge is 0.357 e. The number of nitrogens with zero attached hydrogens (tertiary/aromatic N) is 2. The van der Waals surface area contributed by atoms with Gasteiger partial charge in [0.2, 0.25) is 5.91 Å². The summed E-state index contributed by atoms with van der Waals surface area (Å²) in [4.78, 5) is 18.3. The Labute approximate surface area is 151 Å². The van der Waals surface area contributed by atoms with Gasteiger partial charge in [-0.3, -0.25) is 14.7 Å². The first kappa shape index (κ1) is 19.2. The Balaban J connectivity index is 1.85. The maximum atomic E-state index is 11.3. The minimum atomic E-state index is 0.135. The van der Waals surface area contributed by atoms with Gasteiger partial charge < -0.3 is 16.0 Å². The average Bonchev–Trinajstić information content (AvgIpc) is 2.62. The molecule has 2 atom stereocenters. The summed E-state index contributed by atoms with van der Waals surface area (Å²) in [5.74, 6) is 0.958. The van der Waals surface area contributed by atoms with E-state index in [1.54, 1.807) is 0 Å². The van der Waals surface area contributed by atoms with E-state index in [0.29, 0.717) is 19.0 Å². The molecule has 1 saturated heterocycles. The number of amides is 1. The number of hydrogen-bond acceptors (Lipinski definition) is 3. The normalized spacial score (nSPS) is 19.4. The number of aliphatic imine (C=N–C) groups is 1. The predicted molar refractivity (Wildman–Crippen MR) is 103 cm³/mol. The highest BCUT2D eigenvalue weighted by Crippen LogP contribution is 2.06. The van der Waals surface area contributed by atoms with Crippen LogP contribution in [0.1, 0.15) is 32.3 Å². The van der Waals surface area contributed by atoms with E-state index in [1.807, 2.05) is 6.07 Å². The smallest absolute Gasteiger partial charge is 0.220 e. The summed E-state index contributed by atoms with van der Waals surface area (Å²) < 4.78 is 0. The maximum absolute atomic E-state index is 11.3. The fourth-order valence-electron chi connectivity index (χ4n) is 2.76. The minimum absolute atomic E-state index is 0.135. The monoisotopic (exact) mass is 345 g/mol. The van der Waals surface area contributed by atoms with Gasteiger partial charge in [0.1, 0.15) is 0 Å². The molecule has 2 unspecified atom stereocenters. The Bertz CT molecular complexity index is 550. The van der Waals surface area contributed by atoms with Gasteiger partial charge in [-0.25, -0.2) is 0 Å². The zero-order valence-corrected chi connectivity index (χ0v) is 15.6. The van der Waals surface area contributed by atoms with Gasteiger partial charge in [-0.2, -0.15) is 0 Å². The topological polar surface area (TPSA) is 68.8 Å². The number of benzene rings is 1. The Morgan fingerprint density at radius 1 is 1.40 bits per heavy atom. The van der Waals surface area contributed by atoms with E-state index in [1.165, 1.54) is 5.56 Å². The predicted octanol–water partition coefficient (Wildman–Crippen LogP) is 1.34. The lowest BCUT2D eigenvalue weighted by Gasteiger charge is -2.26. The Morgan fingerprint density at radius 2 is 2.16 bits per heavy atom. The van der Waals surface area contributed by atoms with E-state index >= 15 is 0 Å². The highest BCUT2D eigenvalue weighted by molar-refractivity contribution is 5.81. The van der Waals surface area contributed by atoms with Crippen molar-refractivity contribution in [3.05, 3.63) is 35.9 Å². The summed E-state index contributed by atoms with van der Waals surface area (Å²) in [6.07, 6.45) is 1.42. The Hall–Kier alpha value is -2.08. The molecule has 25 heavy (non-hydrogen) atoms. The summed E-state index contributed by atoms with van der Waals surface area (Å²) in [6, 6.07) is 11.1. The van der Waals surface area contributed by atoms with Crippen LogP contribution in [-0.4, -0.2) is 55.5 Å². The van der Waals surface area contributed by atoms with Crippen LogP contribution in [-0.2, 0) is 11.3 Å². The second-order valence-corrected chi connectivity index (χ2v) is 6.65. The van der Waals surface area contributed by atoms with E-state index in [-0.39, 0.29) is 11.9 Å². The first-order valence-electron chi connectivity index (χ1n) is 9.14. The Kier molecular flexibility index (Phi) is 7.73. The van der Waals surface area contributed by atoms with Gasteiger partial charge in [0.25, 0.3) is 0 Å². The van der Waals surface area contributed by atoms with Crippen LogP contribution in [0.3, 0.4) is 0 Å². The second-order valence-electron chi connectivity index (χ2n) is 6.65. The van der Waals surface area contributed by atoms with Crippen molar-refractivity contribution in [2.45, 2.75) is 45.3 Å². The third-order valence-corrected chi connectivity index (χ3v) is 4.49. The van der Waals surface area contributed by atoms with Crippen molar-refractivity contribution in [1.82, 2.24) is 20.9 Å². The summed E-state index contributed by atoms with van der Waals surface area (Å²) >= 11 is 0. The van der Waals surface area contributed by atoms with Crippen LogP contribution in [0, 0.1) is 0 Å². The average molecular weight is 345 g/mol. The summed E-state index contributed by atoms with van der Waals surface area (Å²) in [7, 11) is 2.13. The zero-order valence-electron chi connectivity index (χ0n) is 15.6. The van der Waals surface area contributed by atoms with Crippen LogP contribution < -0.4 is 16.0 Å². The molecule has 1 aromatic carbocycles. The van der Waals surface area contributed by atoms with Gasteiger partial charge in [0.05, 0.1) is 6.54 Å². The van der Waals surface area contributed by atoms with Gasteiger partial charge in [-0.1, -0.05) is 30.3 Å². The van der Waals surface area contributed by atoms with E-state index in [0.717, 1.165) is 32.0 Å². The molecule has 0 bridgehead atoms. The van der Waals surface area contributed by atoms with Crippen molar-refractivity contribution in [2.75, 3.05) is 26.7 Å². The minimum Gasteiger partial charge on any atom is -0.357 e. The number of piperidine rings is 1. The van der Waals surface area contributed by atoms with Crippen LogP contribution in [0.25, 0.3) is 0 Å². The quantitative estimate of drug-likeness (QED) is 0.515. The molecule has 1 amide bonds. The SMILES string of the molecule is CCNC(=NCC(C)N(C)Cc1ccccc1)NC1CCC(=O)NC1. The molecule has 0 saturated carbocycles. The highest BCUT2D eigenvalue weighted by Gasteiger charge is 2.19. The lowest BCUT2D eigenvalue weighted by atomic mass is 10.1.